The molecule has 0 aliphatic carbocycles. The van der Waals surface area contributed by atoms with Crippen LogP contribution in [0.15, 0.2) is 0 Å². The molecule has 0 unspecified atom stereocenters. The predicted octanol–water partition coefficient (Wildman–Crippen LogP) is 1.45. The van der Waals surface area contributed by atoms with Gasteiger partial charge in [-0.05, 0) is 0 Å². The number of rotatable bonds is 2. The number of hydrogen-bond donors (Lipinski definition) is 2. The summed E-state index contributed by atoms with van der Waals surface area (Å²) in [6.07, 6.45) is 0. The van der Waals surface area contributed by atoms with Crippen LogP contribution in [0, 0.1) is 0 Å². The van der Waals surface area contributed by atoms with Crippen LogP contribution in [0.4, 0.5) is 14.7 Å². The summed E-state index contributed by atoms with van der Waals surface area (Å²) < 4.78 is 26.0. The molecule has 0 saturated heterocycles. The van der Waals surface area contributed by atoms with Crippen molar-refractivity contribution in [3.63, 3.8) is 0 Å². The van der Waals surface area contributed by atoms with Gasteiger partial charge in [0, 0.05) is 0 Å². The number of nitrogen functional groups attached to an aromatic ring is 1. The number of halogens is 4. The second kappa shape index (κ2) is 3.80. The fraction of sp³-hybridized carbons (Fsp3) is 0.333. The third-order valence-electron chi connectivity index (χ3n) is 1.40. The number of aromatic nitrogens is 2. The molecule has 1 rings (SSSR count). The fourth-order valence-electron chi connectivity index (χ4n) is 0.804. The largest absolute Gasteiger partial charge is 0.390 e. The van der Waals surface area contributed by atoms with Crippen molar-refractivity contribution in [2.45, 2.75) is 5.92 Å². The molecule has 0 aliphatic rings. The third kappa shape index (κ3) is 2.02. The van der Waals surface area contributed by atoms with E-state index >= 15 is 0 Å². The lowest BCUT2D eigenvalue weighted by Gasteiger charge is -2.15. The lowest BCUT2D eigenvalue weighted by Crippen LogP contribution is -2.21. The first kappa shape index (κ1) is 11.4. The van der Waals surface area contributed by atoms with Crippen molar-refractivity contribution < 1.29 is 13.9 Å². The van der Waals surface area contributed by atoms with Gasteiger partial charge < -0.3 is 10.8 Å². The standard InChI is InChI=1S/C6H5Cl2F2N3O/c7-3-2(6(9,10)1-14)4(8)13-5(11)12-3/h14H,1H2,(H2,11,12,13). The van der Waals surface area contributed by atoms with Crippen molar-refractivity contribution in [3.05, 3.63) is 15.9 Å². The molecule has 1 heterocycles. The summed E-state index contributed by atoms with van der Waals surface area (Å²) >= 11 is 10.8. The summed E-state index contributed by atoms with van der Waals surface area (Å²) in [6, 6.07) is 0. The van der Waals surface area contributed by atoms with E-state index in [2.05, 4.69) is 9.97 Å². The molecule has 1 aromatic rings. The second-order valence-electron chi connectivity index (χ2n) is 2.40. The average Bonchev–Trinajstić information content (AvgIpc) is 2.01. The van der Waals surface area contributed by atoms with Crippen LogP contribution in [-0.4, -0.2) is 21.7 Å². The van der Waals surface area contributed by atoms with Gasteiger partial charge in [-0.25, -0.2) is 9.97 Å². The molecule has 0 aromatic carbocycles. The van der Waals surface area contributed by atoms with Crippen molar-refractivity contribution in [1.82, 2.24) is 9.97 Å². The first-order chi connectivity index (χ1) is 6.38. The van der Waals surface area contributed by atoms with Crippen LogP contribution in [-0.2, 0) is 5.92 Å². The Balaban J connectivity index is 3.35. The molecule has 4 nitrogen and oxygen atoms in total. The molecule has 78 valence electrons. The van der Waals surface area contributed by atoms with Crippen LogP contribution in [0.3, 0.4) is 0 Å². The van der Waals surface area contributed by atoms with Gasteiger partial charge in [-0.3, -0.25) is 0 Å². The first-order valence-corrected chi connectivity index (χ1v) is 4.11. The summed E-state index contributed by atoms with van der Waals surface area (Å²) in [4.78, 5) is 6.61. The fourth-order valence-corrected chi connectivity index (χ4v) is 1.48. The maximum absolute atomic E-state index is 13.0. The van der Waals surface area contributed by atoms with Gasteiger partial charge in [0.1, 0.15) is 16.9 Å². The first-order valence-electron chi connectivity index (χ1n) is 3.36. The van der Waals surface area contributed by atoms with E-state index in [4.69, 9.17) is 34.0 Å². The molecule has 14 heavy (non-hydrogen) atoms. The van der Waals surface area contributed by atoms with Gasteiger partial charge in [-0.1, -0.05) is 23.2 Å². The molecule has 0 amide bonds. The number of anilines is 1. The maximum atomic E-state index is 13.0. The highest BCUT2D eigenvalue weighted by Crippen LogP contribution is 2.36. The van der Waals surface area contributed by atoms with Gasteiger partial charge in [0.15, 0.2) is 0 Å². The van der Waals surface area contributed by atoms with E-state index in [0.29, 0.717) is 0 Å². The van der Waals surface area contributed by atoms with E-state index in [1.165, 1.54) is 0 Å². The van der Waals surface area contributed by atoms with Crippen molar-refractivity contribution in [2.24, 2.45) is 0 Å². The highest BCUT2D eigenvalue weighted by molar-refractivity contribution is 6.34. The van der Waals surface area contributed by atoms with Gasteiger partial charge in [0.05, 0.1) is 5.56 Å². The molecule has 0 atom stereocenters. The lowest BCUT2D eigenvalue weighted by molar-refractivity contribution is -0.0559. The minimum Gasteiger partial charge on any atom is -0.390 e. The monoisotopic (exact) mass is 243 g/mol. The molecule has 1 aromatic heterocycles. The molecule has 3 N–H and O–H groups in total. The highest BCUT2D eigenvalue weighted by atomic mass is 35.5. The lowest BCUT2D eigenvalue weighted by atomic mass is 10.2. The Morgan fingerprint density at radius 2 is 1.71 bits per heavy atom. The Bertz CT molecular complexity index is 338. The van der Waals surface area contributed by atoms with Gasteiger partial charge in [0.25, 0.3) is 0 Å². The van der Waals surface area contributed by atoms with Crippen LogP contribution in [0.25, 0.3) is 0 Å². The number of nitrogens with zero attached hydrogens (tertiary/aromatic N) is 2. The molecule has 8 heteroatoms. The highest BCUT2D eigenvalue weighted by Gasteiger charge is 2.37. The van der Waals surface area contributed by atoms with Crippen LogP contribution >= 0.6 is 23.2 Å². The number of alkyl halides is 2. The molecular weight excluding hydrogens is 239 g/mol. The third-order valence-corrected chi connectivity index (χ3v) is 1.95. The van der Waals surface area contributed by atoms with Crippen molar-refractivity contribution in [2.75, 3.05) is 12.3 Å². The summed E-state index contributed by atoms with van der Waals surface area (Å²) in [5.41, 5.74) is 4.29. The Morgan fingerprint density at radius 3 is 2.07 bits per heavy atom. The van der Waals surface area contributed by atoms with Crippen molar-refractivity contribution >= 4 is 29.2 Å². The van der Waals surface area contributed by atoms with E-state index in [9.17, 15) is 8.78 Å². The molecule has 0 spiro atoms. The number of nitrogens with two attached hydrogens (primary N) is 1. The zero-order chi connectivity index (χ0) is 10.9. The SMILES string of the molecule is Nc1nc(Cl)c(C(F)(F)CO)c(Cl)n1. The molecule has 0 fully saturated rings. The molecule has 0 aliphatic heterocycles. The quantitative estimate of drug-likeness (QED) is 0.772. The Morgan fingerprint density at radius 1 is 1.29 bits per heavy atom. The molecular formula is C6H5Cl2F2N3O. The van der Waals surface area contributed by atoms with Crippen LogP contribution < -0.4 is 5.73 Å². The van der Waals surface area contributed by atoms with Crippen molar-refractivity contribution in [1.29, 1.82) is 0 Å². The minimum atomic E-state index is -3.58. The smallest absolute Gasteiger partial charge is 0.301 e. The molecule has 0 radical (unpaired) electrons. The summed E-state index contributed by atoms with van der Waals surface area (Å²) in [7, 11) is 0. The molecule has 0 bridgehead atoms. The van der Waals surface area contributed by atoms with Gasteiger partial charge in [0.2, 0.25) is 5.95 Å². The van der Waals surface area contributed by atoms with Crippen molar-refractivity contribution in [3.8, 4) is 0 Å². The van der Waals surface area contributed by atoms with Crippen LogP contribution in [0.5, 0.6) is 0 Å². The van der Waals surface area contributed by atoms with Gasteiger partial charge in [-0.15, -0.1) is 0 Å². The Hall–Kier alpha value is -0.720. The van der Waals surface area contributed by atoms with Crippen LogP contribution in [0.1, 0.15) is 5.56 Å². The van der Waals surface area contributed by atoms with Gasteiger partial charge in [-0.2, -0.15) is 8.78 Å². The van der Waals surface area contributed by atoms with E-state index < -0.39 is 28.4 Å². The van der Waals surface area contributed by atoms with E-state index in [-0.39, 0.29) is 5.95 Å². The zero-order valence-corrected chi connectivity index (χ0v) is 8.15. The topological polar surface area (TPSA) is 72.0 Å². The maximum Gasteiger partial charge on any atom is 0.301 e. The minimum absolute atomic E-state index is 0.308. The summed E-state index contributed by atoms with van der Waals surface area (Å²) in [6.45, 7) is -1.43. The predicted molar refractivity (Wildman–Crippen MR) is 47.4 cm³/mol. The van der Waals surface area contributed by atoms with Crippen LogP contribution in [0.2, 0.25) is 10.3 Å². The number of aliphatic hydroxyl groups excluding tert-OH is 1. The van der Waals surface area contributed by atoms with E-state index in [1.807, 2.05) is 0 Å². The summed E-state index contributed by atoms with van der Waals surface area (Å²) in [5, 5.41) is 7.28. The normalized spacial score (nSPS) is 11.8. The Labute approximate surface area is 87.7 Å². The van der Waals surface area contributed by atoms with E-state index in [0.717, 1.165) is 0 Å². The average molecular weight is 244 g/mol. The van der Waals surface area contributed by atoms with Gasteiger partial charge >= 0.3 is 5.92 Å². The Kier molecular flexibility index (Phi) is 3.08. The molecule has 0 saturated carbocycles. The number of hydrogen-bond acceptors (Lipinski definition) is 4. The zero-order valence-electron chi connectivity index (χ0n) is 6.64. The second-order valence-corrected chi connectivity index (χ2v) is 3.12. The van der Waals surface area contributed by atoms with E-state index in [1.54, 1.807) is 0 Å². The number of aliphatic hydroxyl groups is 1. The summed E-state index contributed by atoms with van der Waals surface area (Å²) in [5.74, 6) is -3.89.